The number of rotatable bonds is 3. The second kappa shape index (κ2) is 5.94. The van der Waals surface area contributed by atoms with E-state index in [-0.39, 0.29) is 11.0 Å². The van der Waals surface area contributed by atoms with Gasteiger partial charge in [0.15, 0.2) is 0 Å². The van der Waals surface area contributed by atoms with Crippen LogP contribution in [-0.4, -0.2) is 39.0 Å². The topological polar surface area (TPSA) is 72.6 Å². The van der Waals surface area contributed by atoms with Gasteiger partial charge in [0, 0.05) is 20.2 Å². The summed E-state index contributed by atoms with van der Waals surface area (Å²) < 4.78 is 32.8. The highest BCUT2D eigenvalue weighted by molar-refractivity contribution is 7.89. The van der Waals surface area contributed by atoms with Crippen LogP contribution in [0.2, 0.25) is 0 Å². The van der Waals surface area contributed by atoms with Gasteiger partial charge in [0.2, 0.25) is 10.0 Å². The highest BCUT2D eigenvalue weighted by Crippen LogP contribution is 2.31. The van der Waals surface area contributed by atoms with Crippen molar-refractivity contribution in [2.24, 2.45) is 5.92 Å². The van der Waals surface area contributed by atoms with Crippen molar-refractivity contribution in [1.82, 2.24) is 4.31 Å². The maximum atomic E-state index is 12.9. The lowest BCUT2D eigenvalue weighted by molar-refractivity contribution is 0.0184. The van der Waals surface area contributed by atoms with Crippen LogP contribution in [0.4, 0.5) is 5.69 Å². The van der Waals surface area contributed by atoms with Gasteiger partial charge in [-0.05, 0) is 37.3 Å². The molecule has 0 radical (unpaired) electrons. The van der Waals surface area contributed by atoms with Crippen LogP contribution >= 0.6 is 0 Å². The van der Waals surface area contributed by atoms with Crippen LogP contribution in [0.3, 0.4) is 0 Å². The van der Waals surface area contributed by atoms with Crippen molar-refractivity contribution in [3.8, 4) is 0 Å². The SMILES string of the molecule is COC1CN(S(=O)(=O)c2c(C)ccc(C)c2N)CCC1C. The summed E-state index contributed by atoms with van der Waals surface area (Å²) in [6, 6.07) is 3.65. The lowest BCUT2D eigenvalue weighted by Crippen LogP contribution is -2.46. The minimum absolute atomic E-state index is 0.0696. The van der Waals surface area contributed by atoms with E-state index < -0.39 is 10.0 Å². The van der Waals surface area contributed by atoms with E-state index in [1.165, 1.54) is 4.31 Å². The molecule has 0 amide bonds. The zero-order valence-corrected chi connectivity index (χ0v) is 13.9. The van der Waals surface area contributed by atoms with E-state index in [2.05, 4.69) is 6.92 Å². The van der Waals surface area contributed by atoms with E-state index in [1.807, 2.05) is 13.0 Å². The molecule has 118 valence electrons. The molecule has 1 heterocycles. The van der Waals surface area contributed by atoms with E-state index in [9.17, 15) is 8.42 Å². The van der Waals surface area contributed by atoms with Gasteiger partial charge in [-0.1, -0.05) is 19.1 Å². The molecule has 0 bridgehead atoms. The van der Waals surface area contributed by atoms with Crippen molar-refractivity contribution in [3.05, 3.63) is 23.3 Å². The standard InChI is InChI=1S/C15H24N2O3S/c1-10-7-8-17(9-13(10)20-4)21(18,19)15-12(3)6-5-11(2)14(15)16/h5-6,10,13H,7-9,16H2,1-4H3. The number of ether oxygens (including phenoxy) is 1. The fourth-order valence-corrected chi connectivity index (χ4v) is 4.67. The van der Waals surface area contributed by atoms with Crippen molar-refractivity contribution in [1.29, 1.82) is 0 Å². The first kappa shape index (κ1) is 16.3. The number of anilines is 1. The molecular formula is C15H24N2O3S. The Labute approximate surface area is 127 Å². The first-order chi connectivity index (χ1) is 9.78. The zero-order valence-electron chi connectivity index (χ0n) is 13.1. The second-order valence-corrected chi connectivity index (χ2v) is 7.72. The quantitative estimate of drug-likeness (QED) is 0.866. The molecule has 1 aromatic carbocycles. The summed E-state index contributed by atoms with van der Waals surface area (Å²) in [6.07, 6.45) is 0.725. The number of hydrogen-bond donors (Lipinski definition) is 1. The van der Waals surface area contributed by atoms with Crippen LogP contribution < -0.4 is 5.73 Å². The van der Waals surface area contributed by atoms with E-state index in [4.69, 9.17) is 10.5 Å². The molecule has 1 aliphatic heterocycles. The molecule has 2 atom stereocenters. The number of sulfonamides is 1. The lowest BCUT2D eigenvalue weighted by Gasteiger charge is -2.35. The first-order valence-corrected chi connectivity index (χ1v) is 8.61. The van der Waals surface area contributed by atoms with Crippen molar-refractivity contribution >= 4 is 15.7 Å². The molecule has 1 fully saturated rings. The van der Waals surface area contributed by atoms with E-state index in [1.54, 1.807) is 20.1 Å². The van der Waals surface area contributed by atoms with Gasteiger partial charge in [-0.3, -0.25) is 0 Å². The molecule has 1 aromatic rings. The van der Waals surface area contributed by atoms with E-state index >= 15 is 0 Å². The van der Waals surface area contributed by atoms with Crippen LogP contribution in [0.15, 0.2) is 17.0 Å². The van der Waals surface area contributed by atoms with Crippen molar-refractivity contribution < 1.29 is 13.2 Å². The summed E-state index contributed by atoms with van der Waals surface area (Å²) >= 11 is 0. The van der Waals surface area contributed by atoms with Gasteiger partial charge in [-0.25, -0.2) is 8.42 Å². The number of benzene rings is 1. The number of methoxy groups -OCH3 is 1. The largest absolute Gasteiger partial charge is 0.397 e. The maximum absolute atomic E-state index is 12.9. The Bertz CT molecular complexity index is 628. The van der Waals surface area contributed by atoms with Gasteiger partial charge < -0.3 is 10.5 Å². The maximum Gasteiger partial charge on any atom is 0.245 e. The fourth-order valence-electron chi connectivity index (χ4n) is 2.81. The van der Waals surface area contributed by atoms with Gasteiger partial charge in [0.25, 0.3) is 0 Å². The average Bonchev–Trinajstić information content (AvgIpc) is 2.43. The summed E-state index contributed by atoms with van der Waals surface area (Å²) in [5.74, 6) is 0.359. The predicted molar refractivity (Wildman–Crippen MR) is 83.7 cm³/mol. The van der Waals surface area contributed by atoms with Crippen LogP contribution in [0.25, 0.3) is 0 Å². The number of piperidine rings is 1. The molecule has 2 N–H and O–H groups in total. The Morgan fingerprint density at radius 2 is 1.90 bits per heavy atom. The highest BCUT2D eigenvalue weighted by Gasteiger charge is 2.35. The molecule has 0 spiro atoms. The monoisotopic (exact) mass is 312 g/mol. The molecule has 0 aromatic heterocycles. The second-order valence-electron chi connectivity index (χ2n) is 5.85. The number of hydrogen-bond acceptors (Lipinski definition) is 4. The Balaban J connectivity index is 2.42. The van der Waals surface area contributed by atoms with Crippen molar-refractivity contribution in [2.45, 2.75) is 38.2 Å². The van der Waals surface area contributed by atoms with Gasteiger partial charge in [-0.2, -0.15) is 4.31 Å². The minimum Gasteiger partial charge on any atom is -0.397 e. The lowest BCUT2D eigenvalue weighted by atomic mass is 9.97. The summed E-state index contributed by atoms with van der Waals surface area (Å²) in [4.78, 5) is 0.243. The van der Waals surface area contributed by atoms with Gasteiger partial charge in [0.1, 0.15) is 4.90 Å². The van der Waals surface area contributed by atoms with Gasteiger partial charge in [0.05, 0.1) is 11.8 Å². The minimum atomic E-state index is -3.58. The van der Waals surface area contributed by atoms with Crippen LogP contribution in [0.5, 0.6) is 0 Å². The third-order valence-corrected chi connectivity index (χ3v) is 6.43. The third-order valence-electron chi connectivity index (χ3n) is 4.36. The fraction of sp³-hybridized carbons (Fsp3) is 0.600. The molecule has 2 unspecified atom stereocenters. The zero-order chi connectivity index (χ0) is 15.8. The normalized spacial score (nSPS) is 24.2. The Kier molecular flexibility index (Phi) is 4.60. The van der Waals surface area contributed by atoms with Crippen LogP contribution in [-0.2, 0) is 14.8 Å². The molecular weight excluding hydrogens is 288 g/mol. The molecule has 1 aliphatic rings. The molecule has 0 aliphatic carbocycles. The van der Waals surface area contributed by atoms with Gasteiger partial charge >= 0.3 is 0 Å². The van der Waals surface area contributed by atoms with Crippen LogP contribution in [0, 0.1) is 19.8 Å². The molecule has 6 heteroatoms. The number of nitrogens with zero attached hydrogens (tertiary/aromatic N) is 1. The molecule has 0 saturated carbocycles. The third kappa shape index (κ3) is 2.93. The van der Waals surface area contributed by atoms with Crippen molar-refractivity contribution in [2.75, 3.05) is 25.9 Å². The Hall–Kier alpha value is -1.11. The summed E-state index contributed by atoms with van der Waals surface area (Å²) in [5.41, 5.74) is 7.85. The van der Waals surface area contributed by atoms with E-state index in [0.717, 1.165) is 12.0 Å². The molecule has 5 nitrogen and oxygen atoms in total. The number of aryl methyl sites for hydroxylation is 2. The predicted octanol–water partition coefficient (Wildman–Crippen LogP) is 1.93. The Morgan fingerprint density at radius 3 is 2.52 bits per heavy atom. The smallest absolute Gasteiger partial charge is 0.245 e. The summed E-state index contributed by atoms with van der Waals surface area (Å²) in [6.45, 7) is 6.58. The Morgan fingerprint density at radius 1 is 1.29 bits per heavy atom. The van der Waals surface area contributed by atoms with E-state index in [0.29, 0.717) is 30.3 Å². The van der Waals surface area contributed by atoms with Crippen molar-refractivity contribution in [3.63, 3.8) is 0 Å². The van der Waals surface area contributed by atoms with Crippen LogP contribution in [0.1, 0.15) is 24.5 Å². The molecule has 21 heavy (non-hydrogen) atoms. The first-order valence-electron chi connectivity index (χ1n) is 7.17. The number of nitrogen functional groups attached to an aromatic ring is 1. The van der Waals surface area contributed by atoms with Gasteiger partial charge in [-0.15, -0.1) is 0 Å². The summed E-state index contributed by atoms with van der Waals surface area (Å²) in [5, 5.41) is 0. The molecule has 2 rings (SSSR count). The summed E-state index contributed by atoms with van der Waals surface area (Å²) in [7, 11) is -1.96. The number of nitrogens with two attached hydrogens (primary N) is 1. The average molecular weight is 312 g/mol. The molecule has 1 saturated heterocycles. The highest BCUT2D eigenvalue weighted by atomic mass is 32.2.